The van der Waals surface area contributed by atoms with Gasteiger partial charge in [-0.2, -0.15) is 0 Å². The summed E-state index contributed by atoms with van der Waals surface area (Å²) < 4.78 is 0. The maximum atomic E-state index is 13.3. The standard InChI is InChI=1S/C25H23N3O4/c1-17(2)26-24(29)21-13-6-7-14-23(21)27-25(30)22(19-10-4-3-5-11-19)16-18-9-8-12-20(15-18)28(31)32/h3-17H,1-2H3,(H,26,29)(H,27,30). The monoisotopic (exact) mass is 429 g/mol. The number of carbonyl (C=O) groups is 2. The lowest BCUT2D eigenvalue weighted by atomic mass is 10.0. The van der Waals surface area contributed by atoms with Crippen molar-refractivity contribution >= 4 is 34.8 Å². The molecule has 2 N–H and O–H groups in total. The molecule has 7 nitrogen and oxygen atoms in total. The van der Waals surface area contributed by atoms with Crippen molar-refractivity contribution in [2.75, 3.05) is 5.32 Å². The highest BCUT2D eigenvalue weighted by atomic mass is 16.6. The van der Waals surface area contributed by atoms with Gasteiger partial charge in [-0.15, -0.1) is 0 Å². The molecule has 7 heteroatoms. The molecule has 0 heterocycles. The lowest BCUT2D eigenvalue weighted by molar-refractivity contribution is -0.384. The van der Waals surface area contributed by atoms with Crippen LogP contribution in [0.2, 0.25) is 0 Å². The van der Waals surface area contributed by atoms with E-state index in [1.54, 1.807) is 66.7 Å². The molecule has 0 saturated carbocycles. The third-order valence-corrected chi connectivity index (χ3v) is 4.56. The van der Waals surface area contributed by atoms with E-state index in [0.29, 0.717) is 28.0 Å². The number of hydrogen-bond donors (Lipinski definition) is 2. The summed E-state index contributed by atoms with van der Waals surface area (Å²) in [5.41, 5.74) is 2.11. The highest BCUT2D eigenvalue weighted by Crippen LogP contribution is 2.24. The molecule has 32 heavy (non-hydrogen) atoms. The molecule has 0 spiro atoms. The fourth-order valence-electron chi connectivity index (χ4n) is 3.11. The van der Waals surface area contributed by atoms with Crippen molar-refractivity contribution in [3.05, 3.63) is 106 Å². The zero-order valence-corrected chi connectivity index (χ0v) is 17.7. The lowest BCUT2D eigenvalue weighted by Crippen LogP contribution is -2.31. The summed E-state index contributed by atoms with van der Waals surface area (Å²) in [4.78, 5) is 36.5. The van der Waals surface area contributed by atoms with Crippen molar-refractivity contribution < 1.29 is 14.5 Å². The molecular formula is C25H23N3O4. The van der Waals surface area contributed by atoms with Crippen LogP contribution in [0.3, 0.4) is 0 Å². The van der Waals surface area contributed by atoms with Gasteiger partial charge in [-0.1, -0.05) is 54.6 Å². The molecule has 0 aliphatic rings. The molecule has 0 bridgehead atoms. The number of amides is 2. The van der Waals surface area contributed by atoms with E-state index in [1.165, 1.54) is 12.1 Å². The maximum Gasteiger partial charge on any atom is 0.270 e. The van der Waals surface area contributed by atoms with Crippen LogP contribution in [0.5, 0.6) is 0 Å². The summed E-state index contributed by atoms with van der Waals surface area (Å²) in [5, 5.41) is 16.8. The van der Waals surface area contributed by atoms with Crippen molar-refractivity contribution in [1.82, 2.24) is 5.32 Å². The van der Waals surface area contributed by atoms with Gasteiger partial charge in [0.2, 0.25) is 0 Å². The van der Waals surface area contributed by atoms with Crippen LogP contribution in [0, 0.1) is 10.1 Å². The predicted octanol–water partition coefficient (Wildman–Crippen LogP) is 4.91. The van der Waals surface area contributed by atoms with Crippen molar-refractivity contribution in [2.24, 2.45) is 0 Å². The average Bonchev–Trinajstić information content (AvgIpc) is 2.78. The number of carbonyl (C=O) groups excluding carboxylic acids is 2. The van der Waals surface area contributed by atoms with Crippen molar-refractivity contribution in [2.45, 2.75) is 19.9 Å². The van der Waals surface area contributed by atoms with E-state index in [9.17, 15) is 19.7 Å². The molecule has 0 aliphatic heterocycles. The Morgan fingerprint density at radius 1 is 0.938 bits per heavy atom. The number of nitro groups is 1. The number of rotatable bonds is 7. The van der Waals surface area contributed by atoms with Gasteiger partial charge in [-0.25, -0.2) is 0 Å². The number of para-hydroxylation sites is 1. The Morgan fingerprint density at radius 3 is 2.31 bits per heavy atom. The minimum Gasteiger partial charge on any atom is -0.350 e. The van der Waals surface area contributed by atoms with E-state index in [0.717, 1.165) is 0 Å². The van der Waals surface area contributed by atoms with Crippen LogP contribution >= 0.6 is 0 Å². The summed E-state index contributed by atoms with van der Waals surface area (Å²) in [5.74, 6) is -0.729. The second-order valence-electron chi connectivity index (χ2n) is 7.40. The van der Waals surface area contributed by atoms with Gasteiger partial charge in [0.25, 0.3) is 17.5 Å². The first-order chi connectivity index (χ1) is 15.3. The van der Waals surface area contributed by atoms with Gasteiger partial charge in [0.15, 0.2) is 0 Å². The number of nitrogens with one attached hydrogen (secondary N) is 2. The van der Waals surface area contributed by atoms with Crippen molar-refractivity contribution in [3.63, 3.8) is 0 Å². The zero-order chi connectivity index (χ0) is 23.1. The van der Waals surface area contributed by atoms with Crippen LogP contribution in [-0.4, -0.2) is 22.8 Å². The molecule has 0 atom stereocenters. The molecule has 0 aliphatic carbocycles. The fourth-order valence-corrected chi connectivity index (χ4v) is 3.11. The largest absolute Gasteiger partial charge is 0.350 e. The molecule has 3 rings (SSSR count). The minimum atomic E-state index is -0.483. The Morgan fingerprint density at radius 2 is 1.62 bits per heavy atom. The summed E-state index contributed by atoms with van der Waals surface area (Å²) in [6.07, 6.45) is 1.59. The average molecular weight is 429 g/mol. The SMILES string of the molecule is CC(C)NC(=O)c1ccccc1NC(=O)C(=Cc1cccc([N+](=O)[O-])c1)c1ccccc1. The maximum absolute atomic E-state index is 13.3. The van der Waals surface area contributed by atoms with E-state index in [2.05, 4.69) is 10.6 Å². The molecule has 162 valence electrons. The summed E-state index contributed by atoms with van der Waals surface area (Å²) in [6, 6.07) is 21.7. The van der Waals surface area contributed by atoms with Crippen molar-refractivity contribution in [3.8, 4) is 0 Å². The first-order valence-electron chi connectivity index (χ1n) is 10.1. The second kappa shape index (κ2) is 10.2. The van der Waals surface area contributed by atoms with Crippen LogP contribution < -0.4 is 10.6 Å². The van der Waals surface area contributed by atoms with E-state index < -0.39 is 10.8 Å². The number of anilines is 1. The lowest BCUT2D eigenvalue weighted by Gasteiger charge is -2.14. The van der Waals surface area contributed by atoms with Crippen LogP contribution in [0.4, 0.5) is 11.4 Å². The fraction of sp³-hybridized carbons (Fsp3) is 0.120. The van der Waals surface area contributed by atoms with Gasteiger partial charge in [0.05, 0.1) is 16.2 Å². The van der Waals surface area contributed by atoms with Gasteiger partial charge in [-0.05, 0) is 43.2 Å². The number of non-ortho nitro benzene ring substituents is 1. The van der Waals surface area contributed by atoms with Gasteiger partial charge in [-0.3, -0.25) is 19.7 Å². The van der Waals surface area contributed by atoms with Crippen LogP contribution in [-0.2, 0) is 4.79 Å². The smallest absolute Gasteiger partial charge is 0.270 e. The number of benzene rings is 3. The molecule has 3 aromatic rings. The zero-order valence-electron chi connectivity index (χ0n) is 17.7. The van der Waals surface area contributed by atoms with E-state index in [1.807, 2.05) is 19.9 Å². The van der Waals surface area contributed by atoms with Gasteiger partial charge in [0.1, 0.15) is 0 Å². The van der Waals surface area contributed by atoms with E-state index in [4.69, 9.17) is 0 Å². The molecule has 0 radical (unpaired) electrons. The summed E-state index contributed by atoms with van der Waals surface area (Å²) >= 11 is 0. The predicted molar refractivity (Wildman–Crippen MR) is 125 cm³/mol. The highest BCUT2D eigenvalue weighted by Gasteiger charge is 2.17. The minimum absolute atomic E-state index is 0.0556. The quantitative estimate of drug-likeness (QED) is 0.241. The first kappa shape index (κ1) is 22.4. The van der Waals surface area contributed by atoms with Gasteiger partial charge in [0, 0.05) is 23.7 Å². The topological polar surface area (TPSA) is 101 Å². The molecule has 3 aromatic carbocycles. The Kier molecular flexibility index (Phi) is 7.13. The van der Waals surface area contributed by atoms with Gasteiger partial charge < -0.3 is 10.6 Å². The van der Waals surface area contributed by atoms with E-state index in [-0.39, 0.29) is 17.6 Å². The van der Waals surface area contributed by atoms with Gasteiger partial charge >= 0.3 is 0 Å². The number of nitrogens with zero attached hydrogens (tertiary/aromatic N) is 1. The highest BCUT2D eigenvalue weighted by molar-refractivity contribution is 6.29. The molecule has 0 saturated heterocycles. The normalized spacial score (nSPS) is 11.2. The Labute approximate surface area is 185 Å². The van der Waals surface area contributed by atoms with Crippen LogP contribution in [0.15, 0.2) is 78.9 Å². The Bertz CT molecular complexity index is 1170. The number of nitro benzene ring substituents is 1. The molecule has 0 fully saturated rings. The third kappa shape index (κ3) is 5.66. The van der Waals surface area contributed by atoms with Crippen LogP contribution in [0.1, 0.15) is 35.3 Å². The molecule has 2 amide bonds. The van der Waals surface area contributed by atoms with E-state index >= 15 is 0 Å². The second-order valence-corrected chi connectivity index (χ2v) is 7.40. The molecule has 0 aromatic heterocycles. The van der Waals surface area contributed by atoms with Crippen LogP contribution in [0.25, 0.3) is 11.6 Å². The summed E-state index contributed by atoms with van der Waals surface area (Å²) in [7, 11) is 0. The van der Waals surface area contributed by atoms with Crippen molar-refractivity contribution in [1.29, 1.82) is 0 Å². The Hall–Kier alpha value is -4.26. The third-order valence-electron chi connectivity index (χ3n) is 4.56. The summed E-state index contributed by atoms with van der Waals surface area (Å²) in [6.45, 7) is 3.71. The Balaban J connectivity index is 1.99. The first-order valence-corrected chi connectivity index (χ1v) is 10.1. The number of hydrogen-bond acceptors (Lipinski definition) is 4. The molecular weight excluding hydrogens is 406 g/mol. The molecule has 0 unspecified atom stereocenters.